The van der Waals surface area contributed by atoms with Crippen LogP contribution in [0.5, 0.6) is 0 Å². The molecular formula is CH4NO2P-2. The number of nitrogens with one attached hydrogen (secondary N) is 1. The third-order valence-electron chi connectivity index (χ3n) is 0.183. The van der Waals surface area contributed by atoms with Crippen LogP contribution < -0.4 is 14.9 Å². The molecule has 0 rings (SSSR count). The molecule has 0 saturated carbocycles. The van der Waals surface area contributed by atoms with Crippen molar-refractivity contribution in [2.45, 2.75) is 0 Å². The second kappa shape index (κ2) is 2.54. The van der Waals surface area contributed by atoms with Gasteiger partial charge in [-0.2, -0.15) is 0 Å². The quantitative estimate of drug-likeness (QED) is 0.387. The molecule has 5 heavy (non-hydrogen) atoms. The molecule has 0 aliphatic rings. The Morgan fingerprint density at radius 3 is 1.80 bits per heavy atom. The Labute approximate surface area is 31.6 Å². The molecule has 0 bridgehead atoms. The molecule has 0 aliphatic heterocycles. The maximum atomic E-state index is 9.29. The Morgan fingerprint density at radius 1 is 1.60 bits per heavy atom. The second-order valence-corrected chi connectivity index (χ2v) is 1.44. The van der Waals surface area contributed by atoms with Crippen molar-refractivity contribution < 1.29 is 9.79 Å². The second-order valence-electron chi connectivity index (χ2n) is 0.481. The molecule has 32 valence electrons. The molecule has 0 radical (unpaired) electrons. The van der Waals surface area contributed by atoms with E-state index in [1.165, 1.54) is 7.05 Å². The van der Waals surface area contributed by atoms with Crippen molar-refractivity contribution in [3.05, 3.63) is 0 Å². The predicted octanol–water partition coefficient (Wildman–Crippen LogP) is -1.85. The van der Waals surface area contributed by atoms with E-state index in [0.29, 0.717) is 0 Å². The molecule has 0 aromatic rings. The summed E-state index contributed by atoms with van der Waals surface area (Å²) >= 11 is 0. The van der Waals surface area contributed by atoms with Gasteiger partial charge in [0.05, 0.1) is 0 Å². The zero-order chi connectivity index (χ0) is 4.28. The largest absolute Gasteiger partial charge is 0.830 e. The monoisotopic (exact) mass is 93.0 g/mol. The van der Waals surface area contributed by atoms with Gasteiger partial charge in [0, 0.05) is 0 Å². The molecule has 0 saturated heterocycles. The van der Waals surface area contributed by atoms with Crippen LogP contribution in [0.15, 0.2) is 0 Å². The van der Waals surface area contributed by atoms with Gasteiger partial charge in [0.2, 0.25) is 0 Å². The lowest BCUT2D eigenvalue weighted by Crippen LogP contribution is -2.18. The molecule has 0 heterocycles. The van der Waals surface area contributed by atoms with Crippen molar-refractivity contribution in [2.24, 2.45) is 0 Å². The first-order chi connectivity index (χ1) is 2.27. The SMILES string of the molecule is CNP([O-])[O-]. The Hall–Kier alpha value is 0.310. The van der Waals surface area contributed by atoms with E-state index in [2.05, 4.69) is 0 Å². The highest BCUT2D eigenvalue weighted by Crippen LogP contribution is 1.95. The van der Waals surface area contributed by atoms with E-state index < -0.39 is 8.53 Å². The van der Waals surface area contributed by atoms with Gasteiger partial charge in [-0.3, -0.25) is 0 Å². The van der Waals surface area contributed by atoms with Gasteiger partial charge in [0.15, 0.2) is 0 Å². The molecule has 4 heteroatoms. The molecule has 0 amide bonds. The first-order valence-electron chi connectivity index (χ1n) is 1.09. The standard InChI is InChI=1S/CH4NO2P/c1-2-5(3)4/h2H,1H3/q-2. The van der Waals surface area contributed by atoms with Gasteiger partial charge in [-0.15, -0.1) is 0 Å². The highest BCUT2D eigenvalue weighted by atomic mass is 31.2. The molecule has 0 fully saturated rings. The fraction of sp³-hybridized carbons (Fsp3) is 1.00. The highest BCUT2D eigenvalue weighted by molar-refractivity contribution is 7.39. The average molecular weight is 93.0 g/mol. The van der Waals surface area contributed by atoms with E-state index in [9.17, 15) is 9.79 Å². The molecular weight excluding hydrogens is 89.0 g/mol. The van der Waals surface area contributed by atoms with Crippen LogP contribution in [0.2, 0.25) is 0 Å². The summed E-state index contributed by atoms with van der Waals surface area (Å²) in [7, 11) is -0.995. The van der Waals surface area contributed by atoms with Crippen LogP contribution in [0.4, 0.5) is 0 Å². The van der Waals surface area contributed by atoms with Crippen LogP contribution in [-0.4, -0.2) is 7.05 Å². The lowest BCUT2D eigenvalue weighted by Gasteiger charge is -2.28. The van der Waals surface area contributed by atoms with Crippen molar-refractivity contribution >= 4 is 8.53 Å². The van der Waals surface area contributed by atoms with Gasteiger partial charge in [-0.25, -0.2) is 8.53 Å². The van der Waals surface area contributed by atoms with Crippen molar-refractivity contribution in [1.29, 1.82) is 0 Å². The average Bonchev–Trinajstić information content (AvgIpc) is 1.38. The normalized spacial score (nSPS) is 9.60. The Kier molecular flexibility index (Phi) is 2.70. The van der Waals surface area contributed by atoms with E-state index in [1.54, 1.807) is 0 Å². The first kappa shape index (κ1) is 5.31. The van der Waals surface area contributed by atoms with Gasteiger partial charge >= 0.3 is 0 Å². The van der Waals surface area contributed by atoms with E-state index >= 15 is 0 Å². The third-order valence-corrected chi connectivity index (χ3v) is 0.548. The predicted molar refractivity (Wildman–Crippen MR) is 16.0 cm³/mol. The lowest BCUT2D eigenvalue weighted by molar-refractivity contribution is -0.295. The molecule has 0 aromatic carbocycles. The lowest BCUT2D eigenvalue weighted by atomic mass is 11.6. The van der Waals surface area contributed by atoms with Crippen molar-refractivity contribution in [2.75, 3.05) is 7.05 Å². The summed E-state index contributed by atoms with van der Waals surface area (Å²) in [6, 6.07) is 0. The summed E-state index contributed by atoms with van der Waals surface area (Å²) < 4.78 is 0. The van der Waals surface area contributed by atoms with Crippen molar-refractivity contribution in [3.8, 4) is 0 Å². The van der Waals surface area contributed by atoms with Crippen LogP contribution in [0, 0.1) is 0 Å². The van der Waals surface area contributed by atoms with Crippen molar-refractivity contribution in [1.82, 2.24) is 5.09 Å². The van der Waals surface area contributed by atoms with E-state index in [-0.39, 0.29) is 0 Å². The summed E-state index contributed by atoms with van der Waals surface area (Å²) in [6.07, 6.45) is 0. The maximum absolute atomic E-state index is 9.29. The van der Waals surface area contributed by atoms with E-state index in [0.717, 1.165) is 0 Å². The smallest absolute Gasteiger partial charge is 0.0150 e. The van der Waals surface area contributed by atoms with Gasteiger partial charge in [0.1, 0.15) is 0 Å². The van der Waals surface area contributed by atoms with Gasteiger partial charge in [-0.1, -0.05) is 0 Å². The topological polar surface area (TPSA) is 58.1 Å². The summed E-state index contributed by atoms with van der Waals surface area (Å²) in [4.78, 5) is 18.6. The molecule has 1 N–H and O–H groups in total. The van der Waals surface area contributed by atoms with Crippen LogP contribution in [-0.2, 0) is 0 Å². The van der Waals surface area contributed by atoms with Crippen LogP contribution >= 0.6 is 8.53 Å². The van der Waals surface area contributed by atoms with Gasteiger partial charge < -0.3 is 14.9 Å². The first-order valence-corrected chi connectivity index (χ1v) is 2.27. The fourth-order valence-electron chi connectivity index (χ4n) is 0. The maximum Gasteiger partial charge on any atom is -0.0150 e. The zero-order valence-electron chi connectivity index (χ0n) is 2.76. The van der Waals surface area contributed by atoms with E-state index in [1.807, 2.05) is 5.09 Å². The molecule has 0 aromatic heterocycles. The van der Waals surface area contributed by atoms with Gasteiger partial charge in [0.25, 0.3) is 0 Å². The van der Waals surface area contributed by atoms with Gasteiger partial charge in [-0.05, 0) is 7.05 Å². The molecule has 0 aliphatic carbocycles. The van der Waals surface area contributed by atoms with E-state index in [4.69, 9.17) is 0 Å². The minimum Gasteiger partial charge on any atom is -0.830 e. The third kappa shape index (κ3) is 4.31. The van der Waals surface area contributed by atoms with Crippen LogP contribution in [0.1, 0.15) is 0 Å². The number of rotatable bonds is 1. The highest BCUT2D eigenvalue weighted by Gasteiger charge is 1.49. The summed E-state index contributed by atoms with van der Waals surface area (Å²) in [5.74, 6) is 0. The Balaban J connectivity index is 2.54. The Morgan fingerprint density at radius 2 is 1.80 bits per heavy atom. The zero-order valence-corrected chi connectivity index (χ0v) is 3.66. The van der Waals surface area contributed by atoms with Crippen LogP contribution in [0.25, 0.3) is 0 Å². The minimum atomic E-state index is -2.35. The summed E-state index contributed by atoms with van der Waals surface area (Å²) in [5.41, 5.74) is 0. The minimum absolute atomic E-state index is 1.35. The summed E-state index contributed by atoms with van der Waals surface area (Å²) in [6.45, 7) is 0. The fourth-order valence-corrected chi connectivity index (χ4v) is 0. The molecule has 0 unspecified atom stereocenters. The number of hydrogen-bond acceptors (Lipinski definition) is 3. The summed E-state index contributed by atoms with van der Waals surface area (Å²) in [5, 5.41) is 1.98. The van der Waals surface area contributed by atoms with Crippen molar-refractivity contribution in [3.63, 3.8) is 0 Å². The Bertz CT molecular complexity index is 23.6. The van der Waals surface area contributed by atoms with Crippen LogP contribution in [0.3, 0.4) is 0 Å². The number of hydrogen-bond donors (Lipinski definition) is 1. The molecule has 0 spiro atoms. The molecule has 0 atom stereocenters. The molecule has 3 nitrogen and oxygen atoms in total.